The Kier molecular flexibility index (Phi) is 3.57. The van der Waals surface area contributed by atoms with Crippen molar-refractivity contribution in [1.29, 1.82) is 0 Å². The maximum absolute atomic E-state index is 10.5. The summed E-state index contributed by atoms with van der Waals surface area (Å²) < 4.78 is 0. The van der Waals surface area contributed by atoms with Gasteiger partial charge in [-0.25, -0.2) is 14.6 Å². The molecule has 13 heavy (non-hydrogen) atoms. The predicted molar refractivity (Wildman–Crippen MR) is 44.0 cm³/mol. The summed E-state index contributed by atoms with van der Waals surface area (Å²) in [5.41, 5.74) is -2.59. The number of carbonyl (C=O) groups is 2. The minimum atomic E-state index is -1.94. The Balaban J connectivity index is 4.31. The van der Waals surface area contributed by atoms with Crippen LogP contribution in [-0.4, -0.2) is 28.6 Å². The molecule has 0 aliphatic carbocycles. The summed E-state index contributed by atoms with van der Waals surface area (Å²) in [4.78, 5) is 30.2. The van der Waals surface area contributed by atoms with Gasteiger partial charge in [0, 0.05) is 0 Å². The smallest absolute Gasteiger partial charge is 0.346 e. The summed E-state index contributed by atoms with van der Waals surface area (Å²) in [5.74, 6) is -1.38. The number of carbonyl (C=O) groups excluding carboxylic acids is 1. The Morgan fingerprint density at radius 2 is 1.69 bits per heavy atom. The van der Waals surface area contributed by atoms with E-state index in [0.29, 0.717) is 0 Å². The molecule has 0 spiro atoms. The van der Waals surface area contributed by atoms with Gasteiger partial charge in [0.15, 0.2) is 6.29 Å². The number of aliphatic carboxylic acids is 1. The lowest BCUT2D eigenvalue weighted by atomic mass is 10.1. The molecule has 5 nitrogen and oxygen atoms in total. The first-order chi connectivity index (χ1) is 5.71. The molecule has 1 unspecified atom stereocenters. The molecule has 0 rings (SSSR count). The monoisotopic (exact) mass is 190 g/mol. The molecule has 0 radical (unpaired) electrons. The van der Waals surface area contributed by atoms with Crippen molar-refractivity contribution in [2.24, 2.45) is 0 Å². The number of aldehydes is 1. The Bertz CT molecular complexity index is 205. The van der Waals surface area contributed by atoms with Crippen molar-refractivity contribution < 1.29 is 24.5 Å². The Morgan fingerprint density at radius 1 is 1.23 bits per heavy atom. The van der Waals surface area contributed by atoms with Crippen LogP contribution in [0.2, 0.25) is 0 Å². The van der Waals surface area contributed by atoms with Crippen LogP contribution in [-0.2, 0) is 19.4 Å². The highest BCUT2D eigenvalue weighted by molar-refractivity contribution is 5.94. The topological polar surface area (TPSA) is 72.8 Å². The molecular formula is C8H14O5. The first-order valence-corrected chi connectivity index (χ1v) is 3.78. The van der Waals surface area contributed by atoms with Crippen LogP contribution in [0.4, 0.5) is 0 Å². The molecule has 0 aromatic carbocycles. The molecule has 0 saturated carbocycles. The number of carboxylic acids is 1. The van der Waals surface area contributed by atoms with Crippen LogP contribution < -0.4 is 0 Å². The average molecular weight is 190 g/mol. The maximum atomic E-state index is 10.5. The van der Waals surface area contributed by atoms with Crippen molar-refractivity contribution in [3.8, 4) is 0 Å². The fraction of sp³-hybridized carbons (Fsp3) is 0.750. The van der Waals surface area contributed by atoms with Crippen LogP contribution in [0.1, 0.15) is 27.7 Å². The summed E-state index contributed by atoms with van der Waals surface area (Å²) in [5, 5.41) is 8.59. The van der Waals surface area contributed by atoms with Gasteiger partial charge in [-0.15, -0.1) is 0 Å². The molecule has 0 aliphatic heterocycles. The zero-order valence-corrected chi connectivity index (χ0v) is 8.16. The zero-order chi connectivity index (χ0) is 10.7. The molecule has 0 aromatic heterocycles. The van der Waals surface area contributed by atoms with Crippen molar-refractivity contribution in [3.63, 3.8) is 0 Å². The largest absolute Gasteiger partial charge is 0.479 e. The predicted octanol–water partition coefficient (Wildman–Crippen LogP) is 0.775. The summed E-state index contributed by atoms with van der Waals surface area (Å²) in [6, 6.07) is 0. The van der Waals surface area contributed by atoms with Gasteiger partial charge in [-0.2, -0.15) is 0 Å². The molecule has 0 aliphatic rings. The van der Waals surface area contributed by atoms with Crippen LogP contribution in [0.25, 0.3) is 0 Å². The van der Waals surface area contributed by atoms with E-state index in [1.165, 1.54) is 0 Å². The molecule has 5 heteroatoms. The molecule has 0 aromatic rings. The molecule has 1 N–H and O–H groups in total. The SMILES string of the molecule is CC(C)(C)OOC(C)(C=O)C(=O)O. The Labute approximate surface area is 76.6 Å². The highest BCUT2D eigenvalue weighted by Gasteiger charge is 2.37. The summed E-state index contributed by atoms with van der Waals surface area (Å²) in [7, 11) is 0. The van der Waals surface area contributed by atoms with Gasteiger partial charge in [0.05, 0.1) is 5.60 Å². The van der Waals surface area contributed by atoms with Crippen LogP contribution in [0.5, 0.6) is 0 Å². The second-order valence-electron chi connectivity index (χ2n) is 3.81. The van der Waals surface area contributed by atoms with Gasteiger partial charge in [-0.05, 0) is 27.7 Å². The minimum Gasteiger partial charge on any atom is -0.479 e. The van der Waals surface area contributed by atoms with Gasteiger partial charge < -0.3 is 5.11 Å². The van der Waals surface area contributed by atoms with Crippen LogP contribution in [0.15, 0.2) is 0 Å². The van der Waals surface area contributed by atoms with Gasteiger partial charge in [0.25, 0.3) is 5.60 Å². The summed E-state index contributed by atoms with van der Waals surface area (Å²) >= 11 is 0. The van der Waals surface area contributed by atoms with Crippen molar-refractivity contribution >= 4 is 12.3 Å². The lowest BCUT2D eigenvalue weighted by Gasteiger charge is -2.23. The third-order valence-corrected chi connectivity index (χ3v) is 1.11. The summed E-state index contributed by atoms with van der Waals surface area (Å²) in [6.07, 6.45) is 0.182. The van der Waals surface area contributed by atoms with E-state index in [9.17, 15) is 9.59 Å². The van der Waals surface area contributed by atoms with Gasteiger partial charge in [-0.3, -0.25) is 4.79 Å². The van der Waals surface area contributed by atoms with Crippen molar-refractivity contribution in [1.82, 2.24) is 0 Å². The highest BCUT2D eigenvalue weighted by Crippen LogP contribution is 2.14. The second kappa shape index (κ2) is 3.85. The first kappa shape index (κ1) is 12.1. The molecule has 0 fully saturated rings. The van der Waals surface area contributed by atoms with E-state index >= 15 is 0 Å². The van der Waals surface area contributed by atoms with Gasteiger partial charge in [0.1, 0.15) is 0 Å². The van der Waals surface area contributed by atoms with Gasteiger partial charge in [-0.1, -0.05) is 0 Å². The van der Waals surface area contributed by atoms with E-state index in [2.05, 4.69) is 4.89 Å². The average Bonchev–Trinajstić information content (AvgIpc) is 1.98. The van der Waals surface area contributed by atoms with Crippen LogP contribution in [0.3, 0.4) is 0 Å². The van der Waals surface area contributed by atoms with Gasteiger partial charge in [0.2, 0.25) is 0 Å². The third kappa shape index (κ3) is 4.00. The minimum absolute atomic E-state index is 0.182. The van der Waals surface area contributed by atoms with E-state index in [1.807, 2.05) is 0 Å². The number of carboxylic acid groups (broad SMARTS) is 1. The third-order valence-electron chi connectivity index (χ3n) is 1.11. The standard InChI is InChI=1S/C8H14O5/c1-7(2,3)12-13-8(4,5-9)6(10)11/h5H,1-4H3,(H,10,11). The summed E-state index contributed by atoms with van der Waals surface area (Å²) in [6.45, 7) is 6.16. The van der Waals surface area contributed by atoms with E-state index in [-0.39, 0.29) is 6.29 Å². The quantitative estimate of drug-likeness (QED) is 0.307. The van der Waals surface area contributed by atoms with Gasteiger partial charge >= 0.3 is 5.97 Å². The molecule has 0 saturated heterocycles. The van der Waals surface area contributed by atoms with E-state index in [0.717, 1.165) is 6.92 Å². The van der Waals surface area contributed by atoms with Crippen molar-refractivity contribution in [2.75, 3.05) is 0 Å². The normalized spacial score (nSPS) is 16.3. The number of rotatable bonds is 4. The van der Waals surface area contributed by atoms with Crippen molar-refractivity contribution in [3.05, 3.63) is 0 Å². The highest BCUT2D eigenvalue weighted by atomic mass is 17.2. The maximum Gasteiger partial charge on any atom is 0.346 e. The molecule has 0 heterocycles. The number of hydrogen-bond acceptors (Lipinski definition) is 4. The molecule has 0 amide bonds. The fourth-order valence-corrected chi connectivity index (χ4v) is 0.317. The molecule has 1 atom stereocenters. The van der Waals surface area contributed by atoms with E-state index in [4.69, 9.17) is 9.99 Å². The second-order valence-corrected chi connectivity index (χ2v) is 3.81. The lowest BCUT2D eigenvalue weighted by molar-refractivity contribution is -0.381. The zero-order valence-electron chi connectivity index (χ0n) is 8.16. The molecular weight excluding hydrogens is 176 g/mol. The molecule has 0 bridgehead atoms. The van der Waals surface area contributed by atoms with E-state index in [1.54, 1.807) is 20.8 Å². The Hall–Kier alpha value is -0.940. The fourth-order valence-electron chi connectivity index (χ4n) is 0.317. The van der Waals surface area contributed by atoms with Crippen LogP contribution in [0, 0.1) is 0 Å². The van der Waals surface area contributed by atoms with E-state index < -0.39 is 17.2 Å². The van der Waals surface area contributed by atoms with Crippen molar-refractivity contribution in [2.45, 2.75) is 38.9 Å². The Morgan fingerprint density at radius 3 is 1.92 bits per heavy atom. The first-order valence-electron chi connectivity index (χ1n) is 3.78. The molecule has 76 valence electrons. The van der Waals surface area contributed by atoms with Crippen LogP contribution >= 0.6 is 0 Å². The lowest BCUT2D eigenvalue weighted by Crippen LogP contribution is -2.42. The number of hydrogen-bond donors (Lipinski definition) is 1.